The first-order valence-electron chi connectivity index (χ1n) is 6.33. The van der Waals surface area contributed by atoms with Crippen LogP contribution in [0.1, 0.15) is 30.8 Å². The van der Waals surface area contributed by atoms with Crippen molar-refractivity contribution in [3.8, 4) is 0 Å². The summed E-state index contributed by atoms with van der Waals surface area (Å²) in [4.78, 5) is 28.1. The molecule has 0 unspecified atom stereocenters. The highest BCUT2D eigenvalue weighted by Crippen LogP contribution is 2.35. The molecule has 7 heteroatoms. The Bertz CT molecular complexity index is 557. The van der Waals surface area contributed by atoms with Crippen LogP contribution in [-0.2, 0) is 4.74 Å². The molecule has 0 aliphatic carbocycles. The van der Waals surface area contributed by atoms with E-state index in [1.54, 1.807) is 0 Å². The molecule has 0 amide bonds. The second-order valence-corrected chi connectivity index (χ2v) is 5.62. The number of anilines is 1. The molecule has 2 heterocycles. The number of hydrogen-bond acceptors (Lipinski definition) is 6. The fraction of sp³-hybridized carbons (Fsp3) is 0.538. The highest BCUT2D eigenvalue weighted by Gasteiger charge is 2.34. The standard InChI is InChI=1S/C13H17N3O4/c1-13(2)6-7-15(8-13)11-10(16(18)19)5-4-9(14-11)12(17)20-3/h4-5H,6-8H2,1-3H3. The Morgan fingerprint density at radius 2 is 2.20 bits per heavy atom. The van der Waals surface area contributed by atoms with Crippen molar-refractivity contribution >= 4 is 17.5 Å². The van der Waals surface area contributed by atoms with Gasteiger partial charge in [0.1, 0.15) is 0 Å². The Kier molecular flexibility index (Phi) is 3.61. The average Bonchev–Trinajstić information content (AvgIpc) is 2.77. The Morgan fingerprint density at radius 1 is 1.50 bits per heavy atom. The molecule has 1 aliphatic rings. The Hall–Kier alpha value is -2.18. The van der Waals surface area contributed by atoms with Gasteiger partial charge in [-0.25, -0.2) is 9.78 Å². The van der Waals surface area contributed by atoms with Crippen LogP contribution in [0.25, 0.3) is 0 Å². The molecule has 2 rings (SSSR count). The normalized spacial score (nSPS) is 17.1. The predicted octanol–water partition coefficient (Wildman–Crippen LogP) is 2.01. The van der Waals surface area contributed by atoms with E-state index < -0.39 is 10.9 Å². The summed E-state index contributed by atoms with van der Waals surface area (Å²) in [7, 11) is 1.25. The third-order valence-corrected chi connectivity index (χ3v) is 3.42. The van der Waals surface area contributed by atoms with Gasteiger partial charge in [-0.15, -0.1) is 0 Å². The molecule has 0 N–H and O–H groups in total. The van der Waals surface area contributed by atoms with E-state index in [-0.39, 0.29) is 22.6 Å². The number of carbonyl (C=O) groups excluding carboxylic acids is 1. The molecular weight excluding hydrogens is 262 g/mol. The molecule has 0 atom stereocenters. The Balaban J connectivity index is 2.43. The van der Waals surface area contributed by atoms with Crippen LogP contribution in [0.2, 0.25) is 0 Å². The molecule has 7 nitrogen and oxygen atoms in total. The first-order chi connectivity index (χ1) is 9.34. The minimum Gasteiger partial charge on any atom is -0.464 e. The van der Waals surface area contributed by atoms with Crippen LogP contribution >= 0.6 is 0 Å². The van der Waals surface area contributed by atoms with Crippen molar-refractivity contribution in [3.63, 3.8) is 0 Å². The predicted molar refractivity (Wildman–Crippen MR) is 72.8 cm³/mol. The first-order valence-corrected chi connectivity index (χ1v) is 6.33. The molecule has 0 radical (unpaired) electrons. The van der Waals surface area contributed by atoms with Gasteiger partial charge in [-0.1, -0.05) is 13.8 Å². The minimum atomic E-state index is -0.598. The first kappa shape index (κ1) is 14.2. The van der Waals surface area contributed by atoms with E-state index in [0.29, 0.717) is 13.1 Å². The zero-order valence-electron chi connectivity index (χ0n) is 11.8. The lowest BCUT2D eigenvalue weighted by Crippen LogP contribution is -2.25. The SMILES string of the molecule is COC(=O)c1ccc([N+](=O)[O-])c(N2CCC(C)(C)C2)n1. The maximum absolute atomic E-state index is 11.5. The number of methoxy groups -OCH3 is 1. The lowest BCUT2D eigenvalue weighted by molar-refractivity contribution is -0.384. The van der Waals surface area contributed by atoms with Crippen LogP contribution in [0.5, 0.6) is 0 Å². The minimum absolute atomic E-state index is 0.0802. The van der Waals surface area contributed by atoms with E-state index in [1.165, 1.54) is 19.2 Å². The number of aromatic nitrogens is 1. The van der Waals surface area contributed by atoms with E-state index in [1.807, 2.05) is 4.90 Å². The molecule has 1 aromatic heterocycles. The third-order valence-electron chi connectivity index (χ3n) is 3.42. The highest BCUT2D eigenvalue weighted by molar-refractivity contribution is 5.88. The van der Waals surface area contributed by atoms with Crippen LogP contribution in [0.3, 0.4) is 0 Å². The summed E-state index contributed by atoms with van der Waals surface area (Å²) in [6.45, 7) is 5.56. The smallest absolute Gasteiger partial charge is 0.356 e. The maximum atomic E-state index is 11.5. The Labute approximate surface area is 116 Å². The Morgan fingerprint density at radius 3 is 2.70 bits per heavy atom. The monoisotopic (exact) mass is 279 g/mol. The number of hydrogen-bond donors (Lipinski definition) is 0. The number of ether oxygens (including phenoxy) is 1. The molecule has 0 saturated carbocycles. The average molecular weight is 279 g/mol. The van der Waals surface area contributed by atoms with Gasteiger partial charge in [0.15, 0.2) is 5.69 Å². The van der Waals surface area contributed by atoms with Crippen LogP contribution in [0.4, 0.5) is 11.5 Å². The highest BCUT2D eigenvalue weighted by atomic mass is 16.6. The topological polar surface area (TPSA) is 85.6 Å². The van der Waals surface area contributed by atoms with Crippen LogP contribution in [0.15, 0.2) is 12.1 Å². The molecule has 1 fully saturated rings. The molecular formula is C13H17N3O4. The van der Waals surface area contributed by atoms with Crippen molar-refractivity contribution in [1.82, 2.24) is 4.98 Å². The van der Waals surface area contributed by atoms with Gasteiger partial charge in [0, 0.05) is 19.2 Å². The number of rotatable bonds is 3. The van der Waals surface area contributed by atoms with Crippen LogP contribution in [0, 0.1) is 15.5 Å². The van der Waals surface area contributed by atoms with Crippen LogP contribution < -0.4 is 4.90 Å². The van der Waals surface area contributed by atoms with Crippen molar-refractivity contribution in [2.75, 3.05) is 25.1 Å². The summed E-state index contributed by atoms with van der Waals surface area (Å²) in [6.07, 6.45) is 0.925. The van der Waals surface area contributed by atoms with Crippen LogP contribution in [-0.4, -0.2) is 36.1 Å². The van der Waals surface area contributed by atoms with E-state index >= 15 is 0 Å². The van der Waals surface area contributed by atoms with Gasteiger partial charge in [-0.3, -0.25) is 10.1 Å². The third kappa shape index (κ3) is 2.71. The van der Waals surface area contributed by atoms with Gasteiger partial charge < -0.3 is 9.64 Å². The van der Waals surface area contributed by atoms with Crippen molar-refractivity contribution < 1.29 is 14.5 Å². The molecule has 1 saturated heterocycles. The van der Waals surface area contributed by atoms with E-state index in [4.69, 9.17) is 0 Å². The van der Waals surface area contributed by atoms with Gasteiger partial charge in [-0.05, 0) is 17.9 Å². The molecule has 0 aromatic carbocycles. The fourth-order valence-corrected chi connectivity index (χ4v) is 2.33. The second-order valence-electron chi connectivity index (χ2n) is 5.62. The number of nitro groups is 1. The lowest BCUT2D eigenvalue weighted by atomic mass is 9.93. The van der Waals surface area contributed by atoms with Crippen molar-refractivity contribution in [2.24, 2.45) is 5.41 Å². The van der Waals surface area contributed by atoms with Gasteiger partial charge in [-0.2, -0.15) is 0 Å². The summed E-state index contributed by atoms with van der Waals surface area (Å²) in [5.41, 5.74) is 0.0738. The second kappa shape index (κ2) is 5.07. The molecule has 20 heavy (non-hydrogen) atoms. The number of pyridine rings is 1. The molecule has 1 aliphatic heterocycles. The summed E-state index contributed by atoms with van der Waals surface area (Å²) >= 11 is 0. The fourth-order valence-electron chi connectivity index (χ4n) is 2.33. The number of esters is 1. The van der Waals surface area contributed by atoms with Gasteiger partial charge in [0.05, 0.1) is 12.0 Å². The lowest BCUT2D eigenvalue weighted by Gasteiger charge is -2.20. The molecule has 1 aromatic rings. The number of nitrogens with zero attached hydrogens (tertiary/aromatic N) is 3. The molecule has 0 spiro atoms. The maximum Gasteiger partial charge on any atom is 0.356 e. The van der Waals surface area contributed by atoms with Gasteiger partial charge in [0.2, 0.25) is 5.82 Å². The summed E-state index contributed by atoms with van der Waals surface area (Å²) in [5, 5.41) is 11.1. The zero-order chi connectivity index (χ0) is 14.9. The largest absolute Gasteiger partial charge is 0.464 e. The van der Waals surface area contributed by atoms with Crippen molar-refractivity contribution in [1.29, 1.82) is 0 Å². The van der Waals surface area contributed by atoms with E-state index in [9.17, 15) is 14.9 Å². The quantitative estimate of drug-likeness (QED) is 0.478. The summed E-state index contributed by atoms with van der Waals surface area (Å²) in [5.74, 6) is -0.358. The molecule has 0 bridgehead atoms. The summed E-state index contributed by atoms with van der Waals surface area (Å²) < 4.78 is 4.61. The van der Waals surface area contributed by atoms with Gasteiger partial charge in [0.25, 0.3) is 0 Å². The number of carbonyl (C=O) groups is 1. The summed E-state index contributed by atoms with van der Waals surface area (Å²) in [6, 6.07) is 2.62. The van der Waals surface area contributed by atoms with E-state index in [2.05, 4.69) is 23.6 Å². The van der Waals surface area contributed by atoms with Gasteiger partial charge >= 0.3 is 11.7 Å². The van der Waals surface area contributed by atoms with Crippen molar-refractivity contribution in [3.05, 3.63) is 27.9 Å². The van der Waals surface area contributed by atoms with Crippen molar-refractivity contribution in [2.45, 2.75) is 20.3 Å². The molecule has 108 valence electrons. The van der Waals surface area contributed by atoms with E-state index in [0.717, 1.165) is 6.42 Å². The zero-order valence-corrected chi connectivity index (χ0v) is 11.8.